The van der Waals surface area contributed by atoms with Crippen LogP contribution in [0.2, 0.25) is 0 Å². The first kappa shape index (κ1) is 16.9. The fourth-order valence-electron chi connectivity index (χ4n) is 2.28. The van der Waals surface area contributed by atoms with Gasteiger partial charge >= 0.3 is 0 Å². The Morgan fingerprint density at radius 1 is 1.09 bits per heavy atom. The second-order valence-electron chi connectivity index (χ2n) is 5.20. The summed E-state index contributed by atoms with van der Waals surface area (Å²) < 4.78 is 16.6. The van der Waals surface area contributed by atoms with Crippen molar-refractivity contribution in [2.24, 2.45) is 0 Å². The van der Waals surface area contributed by atoms with Crippen molar-refractivity contribution in [3.8, 4) is 11.5 Å². The van der Waals surface area contributed by atoms with Crippen LogP contribution in [0.3, 0.4) is 0 Å². The molecule has 5 heteroatoms. The minimum atomic E-state index is -0.0944. The monoisotopic (exact) mass is 317 g/mol. The van der Waals surface area contributed by atoms with Crippen molar-refractivity contribution in [1.82, 2.24) is 4.90 Å². The highest BCUT2D eigenvalue weighted by Gasteiger charge is 2.16. The fourth-order valence-corrected chi connectivity index (χ4v) is 2.28. The highest BCUT2D eigenvalue weighted by Crippen LogP contribution is 2.29. The summed E-state index contributed by atoms with van der Waals surface area (Å²) in [7, 11) is 1.75. The van der Waals surface area contributed by atoms with Crippen molar-refractivity contribution in [3.05, 3.63) is 47.4 Å². The zero-order valence-electron chi connectivity index (χ0n) is 14.1. The van der Waals surface area contributed by atoms with Gasteiger partial charge in [-0.05, 0) is 51.1 Å². The van der Waals surface area contributed by atoms with Gasteiger partial charge in [0.25, 0.3) is 5.91 Å². The maximum Gasteiger partial charge on any atom is 0.254 e. The summed E-state index contributed by atoms with van der Waals surface area (Å²) in [6.07, 6.45) is 0. The van der Waals surface area contributed by atoms with E-state index >= 15 is 0 Å². The molecule has 0 saturated heterocycles. The smallest absolute Gasteiger partial charge is 0.254 e. The lowest BCUT2D eigenvalue weighted by molar-refractivity contribution is 0.0774. The van der Waals surface area contributed by atoms with Gasteiger partial charge in [0.15, 0.2) is 11.5 Å². The van der Waals surface area contributed by atoms with Gasteiger partial charge in [-0.3, -0.25) is 4.79 Å². The molecule has 0 spiro atoms. The van der Waals surface area contributed by atoms with Crippen molar-refractivity contribution < 1.29 is 18.7 Å². The molecule has 2 rings (SSSR count). The molecule has 2 aromatic rings. The zero-order valence-corrected chi connectivity index (χ0v) is 14.1. The van der Waals surface area contributed by atoms with Crippen LogP contribution in [0.25, 0.3) is 0 Å². The van der Waals surface area contributed by atoms with Crippen molar-refractivity contribution in [2.45, 2.75) is 27.3 Å². The van der Waals surface area contributed by atoms with Gasteiger partial charge in [-0.15, -0.1) is 0 Å². The van der Waals surface area contributed by atoms with Gasteiger partial charge in [-0.25, -0.2) is 0 Å². The number of carbonyl (C=O) groups excluding carboxylic acids is 1. The minimum absolute atomic E-state index is 0.0944. The van der Waals surface area contributed by atoms with Gasteiger partial charge in [0.05, 0.1) is 19.8 Å². The minimum Gasteiger partial charge on any atom is -0.490 e. The summed E-state index contributed by atoms with van der Waals surface area (Å²) in [4.78, 5) is 14.2. The molecular formula is C18H23NO4. The van der Waals surface area contributed by atoms with Crippen LogP contribution in [0.5, 0.6) is 11.5 Å². The van der Waals surface area contributed by atoms with E-state index in [1.165, 1.54) is 0 Å². The number of amides is 1. The van der Waals surface area contributed by atoms with Crippen LogP contribution in [0, 0.1) is 6.92 Å². The highest BCUT2D eigenvalue weighted by molar-refractivity contribution is 5.94. The normalized spacial score (nSPS) is 10.4. The quantitative estimate of drug-likeness (QED) is 0.782. The van der Waals surface area contributed by atoms with Gasteiger partial charge in [0.2, 0.25) is 0 Å². The third-order valence-corrected chi connectivity index (χ3v) is 3.33. The largest absolute Gasteiger partial charge is 0.490 e. The highest BCUT2D eigenvalue weighted by atomic mass is 16.5. The average molecular weight is 317 g/mol. The van der Waals surface area contributed by atoms with E-state index in [9.17, 15) is 4.79 Å². The van der Waals surface area contributed by atoms with Crippen molar-refractivity contribution in [1.29, 1.82) is 0 Å². The third kappa shape index (κ3) is 4.28. The number of furan rings is 1. The summed E-state index contributed by atoms with van der Waals surface area (Å²) >= 11 is 0. The van der Waals surface area contributed by atoms with Crippen LogP contribution in [-0.2, 0) is 6.54 Å². The number of benzene rings is 1. The predicted molar refractivity (Wildman–Crippen MR) is 88.0 cm³/mol. The van der Waals surface area contributed by atoms with Gasteiger partial charge in [-0.1, -0.05) is 0 Å². The van der Waals surface area contributed by atoms with Gasteiger partial charge in [0.1, 0.15) is 11.5 Å². The number of nitrogens with zero attached hydrogens (tertiary/aromatic N) is 1. The lowest BCUT2D eigenvalue weighted by atomic mass is 10.1. The first-order chi connectivity index (χ1) is 11.0. The molecule has 0 atom stereocenters. The van der Waals surface area contributed by atoms with Crippen LogP contribution >= 0.6 is 0 Å². The summed E-state index contributed by atoms with van der Waals surface area (Å²) in [5.41, 5.74) is 0.558. The first-order valence-electron chi connectivity index (χ1n) is 7.75. The molecule has 0 saturated carbocycles. The maximum absolute atomic E-state index is 12.6. The van der Waals surface area contributed by atoms with Gasteiger partial charge < -0.3 is 18.8 Å². The predicted octanol–water partition coefficient (Wildman–Crippen LogP) is 3.66. The molecule has 0 N–H and O–H groups in total. The van der Waals surface area contributed by atoms with E-state index in [-0.39, 0.29) is 5.91 Å². The Morgan fingerprint density at radius 2 is 1.78 bits per heavy atom. The molecule has 5 nitrogen and oxygen atoms in total. The summed E-state index contributed by atoms with van der Waals surface area (Å²) in [5, 5.41) is 0. The van der Waals surface area contributed by atoms with E-state index in [0.29, 0.717) is 36.8 Å². The summed E-state index contributed by atoms with van der Waals surface area (Å²) in [6.45, 7) is 7.17. The molecule has 124 valence electrons. The summed E-state index contributed by atoms with van der Waals surface area (Å²) in [6, 6.07) is 9.01. The fraction of sp³-hybridized carbons (Fsp3) is 0.389. The molecule has 1 aromatic carbocycles. The summed E-state index contributed by atoms with van der Waals surface area (Å²) in [5.74, 6) is 2.73. The Morgan fingerprint density at radius 3 is 2.39 bits per heavy atom. The molecule has 0 aliphatic heterocycles. The van der Waals surface area contributed by atoms with E-state index in [1.807, 2.05) is 32.9 Å². The second-order valence-corrected chi connectivity index (χ2v) is 5.20. The molecule has 0 radical (unpaired) electrons. The number of hydrogen-bond donors (Lipinski definition) is 0. The number of aryl methyl sites for hydroxylation is 1. The molecule has 1 aromatic heterocycles. The zero-order chi connectivity index (χ0) is 16.8. The molecule has 0 unspecified atom stereocenters. The molecular weight excluding hydrogens is 294 g/mol. The lowest BCUT2D eigenvalue weighted by Gasteiger charge is -2.17. The molecule has 1 heterocycles. The van der Waals surface area contributed by atoms with E-state index in [4.69, 9.17) is 13.9 Å². The lowest BCUT2D eigenvalue weighted by Crippen LogP contribution is -2.26. The molecule has 0 bridgehead atoms. The Labute approximate surface area is 136 Å². The van der Waals surface area contributed by atoms with E-state index in [2.05, 4.69) is 0 Å². The van der Waals surface area contributed by atoms with Gasteiger partial charge in [0, 0.05) is 12.6 Å². The topological polar surface area (TPSA) is 51.9 Å². The molecule has 0 fully saturated rings. The number of carbonyl (C=O) groups is 1. The number of hydrogen-bond acceptors (Lipinski definition) is 4. The van der Waals surface area contributed by atoms with Crippen molar-refractivity contribution in [3.63, 3.8) is 0 Å². The molecule has 0 aliphatic rings. The SMILES string of the molecule is CCOc1ccc(C(=O)N(C)Cc2ccc(C)o2)cc1OCC. The van der Waals surface area contributed by atoms with Crippen LogP contribution in [0.15, 0.2) is 34.7 Å². The Hall–Kier alpha value is -2.43. The number of ether oxygens (including phenoxy) is 2. The van der Waals surface area contributed by atoms with E-state index in [0.717, 1.165) is 11.5 Å². The van der Waals surface area contributed by atoms with Crippen LogP contribution in [0.1, 0.15) is 35.7 Å². The maximum atomic E-state index is 12.6. The van der Waals surface area contributed by atoms with E-state index < -0.39 is 0 Å². The number of rotatable bonds is 7. The standard InChI is InChI=1S/C18H23NO4/c1-5-21-16-10-8-14(11-17(16)22-6-2)18(20)19(4)12-15-9-7-13(3)23-15/h7-11H,5-6,12H2,1-4H3. The van der Waals surface area contributed by atoms with E-state index in [1.54, 1.807) is 30.1 Å². The second kappa shape index (κ2) is 7.72. The van der Waals surface area contributed by atoms with Crippen LogP contribution < -0.4 is 9.47 Å². The average Bonchev–Trinajstić information content (AvgIpc) is 2.93. The van der Waals surface area contributed by atoms with Crippen LogP contribution in [0.4, 0.5) is 0 Å². The van der Waals surface area contributed by atoms with Gasteiger partial charge in [-0.2, -0.15) is 0 Å². The first-order valence-corrected chi connectivity index (χ1v) is 7.75. The third-order valence-electron chi connectivity index (χ3n) is 3.33. The molecule has 23 heavy (non-hydrogen) atoms. The Kier molecular flexibility index (Phi) is 5.68. The Balaban J connectivity index is 2.15. The molecule has 1 amide bonds. The van der Waals surface area contributed by atoms with Crippen molar-refractivity contribution >= 4 is 5.91 Å². The van der Waals surface area contributed by atoms with Crippen LogP contribution in [-0.4, -0.2) is 31.1 Å². The molecule has 0 aliphatic carbocycles. The van der Waals surface area contributed by atoms with Crippen molar-refractivity contribution in [2.75, 3.05) is 20.3 Å². The Bertz CT molecular complexity index is 663.